The number of hydrogen-bond donors (Lipinski definition) is 4. The fourth-order valence-corrected chi connectivity index (χ4v) is 1.27. The molecular weight excluding hydrogens is 198 g/mol. The molecule has 0 aromatic heterocycles. The zero-order chi connectivity index (χ0) is 11.3. The Bertz CT molecular complexity index is 205. The number of carbonyl (C=O) groups excluding carboxylic acids is 1. The first-order chi connectivity index (χ1) is 7.09. The summed E-state index contributed by atoms with van der Waals surface area (Å²) in [7, 11) is 0. The van der Waals surface area contributed by atoms with Crippen LogP contribution in [0.1, 0.15) is 13.3 Å². The average Bonchev–Trinajstić information content (AvgIpc) is 2.66. The molecule has 0 saturated carbocycles. The van der Waals surface area contributed by atoms with E-state index in [1.807, 2.05) is 0 Å². The van der Waals surface area contributed by atoms with Crippen molar-refractivity contribution in [3.05, 3.63) is 0 Å². The summed E-state index contributed by atoms with van der Waals surface area (Å²) in [5.74, 6) is 0. The maximum atomic E-state index is 11.3. The molecule has 2 amide bonds. The Balaban J connectivity index is 2.12. The van der Waals surface area contributed by atoms with Crippen molar-refractivity contribution in [2.45, 2.75) is 31.5 Å². The highest BCUT2D eigenvalue weighted by Gasteiger charge is 2.18. The van der Waals surface area contributed by atoms with E-state index in [9.17, 15) is 4.79 Å². The Morgan fingerprint density at radius 1 is 1.73 bits per heavy atom. The molecule has 1 rings (SSSR count). The molecule has 0 spiro atoms. The Hall–Kier alpha value is -0.850. The number of aliphatic hydroxyl groups excluding tert-OH is 1. The molecule has 6 nitrogen and oxygen atoms in total. The standard InChI is InChI=1S/C9H19N3O3/c1-6(13)8(10)4-11-9(14)12-7-2-3-15-5-7/h6-8,13H,2-5,10H2,1H3,(H2,11,12,14). The summed E-state index contributed by atoms with van der Waals surface area (Å²) in [6.07, 6.45) is 0.218. The number of aliphatic hydroxyl groups is 1. The van der Waals surface area contributed by atoms with E-state index in [0.29, 0.717) is 13.2 Å². The summed E-state index contributed by atoms with van der Waals surface area (Å²) in [6, 6.07) is -0.607. The van der Waals surface area contributed by atoms with Gasteiger partial charge in [0.1, 0.15) is 0 Å². The highest BCUT2D eigenvalue weighted by molar-refractivity contribution is 5.74. The molecule has 0 aromatic carbocycles. The van der Waals surface area contributed by atoms with Crippen molar-refractivity contribution in [3.63, 3.8) is 0 Å². The second-order valence-corrected chi connectivity index (χ2v) is 3.82. The van der Waals surface area contributed by atoms with E-state index in [1.165, 1.54) is 0 Å². The van der Waals surface area contributed by atoms with Crippen LogP contribution >= 0.6 is 0 Å². The Morgan fingerprint density at radius 2 is 2.47 bits per heavy atom. The van der Waals surface area contributed by atoms with Crippen LogP contribution in [0.15, 0.2) is 0 Å². The molecule has 5 N–H and O–H groups in total. The van der Waals surface area contributed by atoms with Crippen LogP contribution in [0.5, 0.6) is 0 Å². The van der Waals surface area contributed by atoms with Crippen molar-refractivity contribution in [3.8, 4) is 0 Å². The first-order valence-corrected chi connectivity index (χ1v) is 5.15. The minimum Gasteiger partial charge on any atom is -0.392 e. The lowest BCUT2D eigenvalue weighted by atomic mass is 10.2. The number of amides is 2. The molecule has 3 atom stereocenters. The van der Waals surface area contributed by atoms with Gasteiger partial charge in [-0.2, -0.15) is 0 Å². The van der Waals surface area contributed by atoms with E-state index in [4.69, 9.17) is 15.6 Å². The highest BCUT2D eigenvalue weighted by Crippen LogP contribution is 2.02. The molecule has 1 heterocycles. The smallest absolute Gasteiger partial charge is 0.315 e. The molecule has 6 heteroatoms. The van der Waals surface area contributed by atoms with Gasteiger partial charge in [0.25, 0.3) is 0 Å². The van der Waals surface area contributed by atoms with Gasteiger partial charge in [-0.15, -0.1) is 0 Å². The molecule has 1 fully saturated rings. The zero-order valence-corrected chi connectivity index (χ0v) is 8.90. The van der Waals surface area contributed by atoms with Crippen LogP contribution < -0.4 is 16.4 Å². The van der Waals surface area contributed by atoms with E-state index in [0.717, 1.165) is 6.42 Å². The molecule has 88 valence electrons. The number of nitrogens with two attached hydrogens (primary N) is 1. The summed E-state index contributed by atoms with van der Waals surface area (Å²) >= 11 is 0. The summed E-state index contributed by atoms with van der Waals surface area (Å²) in [4.78, 5) is 11.3. The van der Waals surface area contributed by atoms with Gasteiger partial charge in [-0.05, 0) is 13.3 Å². The number of carbonyl (C=O) groups is 1. The van der Waals surface area contributed by atoms with E-state index < -0.39 is 12.1 Å². The Morgan fingerprint density at radius 3 is 3.00 bits per heavy atom. The van der Waals surface area contributed by atoms with E-state index in [-0.39, 0.29) is 18.6 Å². The van der Waals surface area contributed by atoms with Gasteiger partial charge in [-0.3, -0.25) is 0 Å². The van der Waals surface area contributed by atoms with E-state index in [1.54, 1.807) is 6.92 Å². The molecule has 1 aliphatic rings. The summed E-state index contributed by atoms with van der Waals surface area (Å²) in [5.41, 5.74) is 5.56. The summed E-state index contributed by atoms with van der Waals surface area (Å²) < 4.78 is 5.11. The lowest BCUT2D eigenvalue weighted by Crippen LogP contribution is -2.49. The number of urea groups is 1. The lowest BCUT2D eigenvalue weighted by molar-refractivity contribution is 0.161. The summed E-state index contributed by atoms with van der Waals surface area (Å²) in [5, 5.41) is 14.5. The third-order valence-corrected chi connectivity index (χ3v) is 2.38. The average molecular weight is 217 g/mol. The largest absolute Gasteiger partial charge is 0.392 e. The van der Waals surface area contributed by atoms with Crippen molar-refractivity contribution in [2.75, 3.05) is 19.8 Å². The quantitative estimate of drug-likeness (QED) is 0.474. The maximum absolute atomic E-state index is 11.3. The van der Waals surface area contributed by atoms with Crippen molar-refractivity contribution < 1.29 is 14.6 Å². The van der Waals surface area contributed by atoms with Gasteiger partial charge in [-0.25, -0.2) is 4.79 Å². The fraction of sp³-hybridized carbons (Fsp3) is 0.889. The summed E-state index contributed by atoms with van der Waals surface area (Å²) in [6.45, 7) is 3.11. The number of rotatable bonds is 4. The molecule has 3 unspecified atom stereocenters. The van der Waals surface area contributed by atoms with Crippen LogP contribution in [0.25, 0.3) is 0 Å². The van der Waals surface area contributed by atoms with E-state index in [2.05, 4.69) is 10.6 Å². The van der Waals surface area contributed by atoms with Crippen LogP contribution in [-0.2, 0) is 4.74 Å². The number of hydrogen-bond acceptors (Lipinski definition) is 4. The molecule has 1 saturated heterocycles. The van der Waals surface area contributed by atoms with Gasteiger partial charge in [0, 0.05) is 19.2 Å². The third-order valence-electron chi connectivity index (χ3n) is 2.38. The second kappa shape index (κ2) is 5.89. The number of nitrogens with one attached hydrogen (secondary N) is 2. The van der Waals surface area contributed by atoms with Crippen molar-refractivity contribution >= 4 is 6.03 Å². The van der Waals surface area contributed by atoms with Crippen molar-refractivity contribution in [1.82, 2.24) is 10.6 Å². The SMILES string of the molecule is CC(O)C(N)CNC(=O)NC1CCOC1. The first kappa shape index (κ1) is 12.2. The van der Waals surface area contributed by atoms with Gasteiger partial charge in [0.15, 0.2) is 0 Å². The van der Waals surface area contributed by atoms with Crippen molar-refractivity contribution in [2.24, 2.45) is 5.73 Å². The van der Waals surface area contributed by atoms with Crippen LogP contribution in [0.3, 0.4) is 0 Å². The van der Waals surface area contributed by atoms with Gasteiger partial charge in [0.05, 0.1) is 18.8 Å². The minimum atomic E-state index is -0.625. The van der Waals surface area contributed by atoms with Crippen LogP contribution in [0.2, 0.25) is 0 Å². The molecular formula is C9H19N3O3. The first-order valence-electron chi connectivity index (χ1n) is 5.15. The number of ether oxygens (including phenoxy) is 1. The predicted molar refractivity (Wildman–Crippen MR) is 55.4 cm³/mol. The Kier molecular flexibility index (Phi) is 4.80. The highest BCUT2D eigenvalue weighted by atomic mass is 16.5. The molecule has 0 bridgehead atoms. The molecule has 0 radical (unpaired) electrons. The van der Waals surface area contributed by atoms with Crippen molar-refractivity contribution in [1.29, 1.82) is 0 Å². The van der Waals surface area contributed by atoms with Gasteiger partial charge < -0.3 is 26.2 Å². The normalized spacial score (nSPS) is 24.6. The van der Waals surface area contributed by atoms with Gasteiger partial charge >= 0.3 is 6.03 Å². The fourth-order valence-electron chi connectivity index (χ4n) is 1.27. The van der Waals surface area contributed by atoms with Crippen LogP contribution in [-0.4, -0.2) is 49.1 Å². The predicted octanol–water partition coefficient (Wildman–Crippen LogP) is -1.22. The monoisotopic (exact) mass is 217 g/mol. The second-order valence-electron chi connectivity index (χ2n) is 3.82. The van der Waals surface area contributed by atoms with Gasteiger partial charge in [0.2, 0.25) is 0 Å². The molecule has 15 heavy (non-hydrogen) atoms. The van der Waals surface area contributed by atoms with Crippen LogP contribution in [0, 0.1) is 0 Å². The zero-order valence-electron chi connectivity index (χ0n) is 8.90. The van der Waals surface area contributed by atoms with Gasteiger partial charge in [-0.1, -0.05) is 0 Å². The molecule has 0 aromatic rings. The Labute approximate surface area is 89.2 Å². The lowest BCUT2D eigenvalue weighted by Gasteiger charge is -2.17. The van der Waals surface area contributed by atoms with E-state index >= 15 is 0 Å². The topological polar surface area (TPSA) is 96.6 Å². The third kappa shape index (κ3) is 4.46. The molecule has 0 aliphatic carbocycles. The minimum absolute atomic E-state index is 0.0905. The molecule has 1 aliphatic heterocycles. The maximum Gasteiger partial charge on any atom is 0.315 e. The van der Waals surface area contributed by atoms with Crippen LogP contribution in [0.4, 0.5) is 4.79 Å².